The van der Waals surface area contributed by atoms with Gasteiger partial charge in [-0.2, -0.15) is 0 Å². The van der Waals surface area contributed by atoms with E-state index in [1.54, 1.807) is 45.0 Å². The van der Waals surface area contributed by atoms with Gasteiger partial charge in [-0.25, -0.2) is 0 Å². The summed E-state index contributed by atoms with van der Waals surface area (Å²) >= 11 is 0. The van der Waals surface area contributed by atoms with Crippen molar-refractivity contribution < 1.29 is 19.1 Å². The van der Waals surface area contributed by atoms with Gasteiger partial charge in [0.05, 0.1) is 12.2 Å². The third kappa shape index (κ3) is 5.12. The highest BCUT2D eigenvalue weighted by atomic mass is 16.6. The van der Waals surface area contributed by atoms with Crippen molar-refractivity contribution in [1.29, 1.82) is 0 Å². The molecule has 1 aromatic rings. The van der Waals surface area contributed by atoms with E-state index in [2.05, 4.69) is 0 Å². The zero-order valence-electron chi connectivity index (χ0n) is 11.9. The molecular formula is C15H20O4. The first-order valence-corrected chi connectivity index (χ1v) is 6.30. The smallest absolute Gasteiger partial charge is 0.314 e. The Labute approximate surface area is 113 Å². The summed E-state index contributed by atoms with van der Waals surface area (Å²) in [5, 5.41) is 0. The number of hydrogen-bond acceptors (Lipinski definition) is 4. The minimum absolute atomic E-state index is 0.276. The minimum atomic E-state index is -0.587. The van der Waals surface area contributed by atoms with Crippen LogP contribution in [0.2, 0.25) is 0 Å². The molecule has 0 saturated heterocycles. The van der Waals surface area contributed by atoms with Crippen molar-refractivity contribution >= 4 is 11.8 Å². The molecule has 0 spiro atoms. The number of ether oxygens (including phenoxy) is 2. The number of esters is 1. The number of rotatable bonds is 5. The number of ketones is 1. The molecule has 0 heterocycles. The third-order valence-electron chi connectivity index (χ3n) is 2.21. The zero-order chi connectivity index (χ0) is 14.5. The standard InChI is InChI=1S/C15H20O4/c1-5-18-13-9-7-6-8-11(13)12(16)10-14(17)19-15(2,3)4/h6-9H,5,10H2,1-4H3. The average Bonchev–Trinajstić information content (AvgIpc) is 2.27. The van der Waals surface area contributed by atoms with E-state index in [9.17, 15) is 9.59 Å². The Hall–Kier alpha value is -1.84. The maximum Gasteiger partial charge on any atom is 0.314 e. The molecule has 0 saturated carbocycles. The Morgan fingerprint density at radius 2 is 1.79 bits per heavy atom. The van der Waals surface area contributed by atoms with Gasteiger partial charge >= 0.3 is 5.97 Å². The number of carbonyl (C=O) groups excluding carboxylic acids is 2. The molecule has 0 aliphatic heterocycles. The van der Waals surface area contributed by atoms with E-state index in [1.165, 1.54) is 0 Å². The third-order valence-corrected chi connectivity index (χ3v) is 2.21. The molecule has 104 valence electrons. The highest BCUT2D eigenvalue weighted by molar-refractivity contribution is 6.07. The van der Waals surface area contributed by atoms with E-state index in [0.29, 0.717) is 17.9 Å². The lowest BCUT2D eigenvalue weighted by atomic mass is 10.1. The Kier molecular flexibility index (Phi) is 5.10. The average molecular weight is 264 g/mol. The molecule has 0 aromatic heterocycles. The van der Waals surface area contributed by atoms with Crippen LogP contribution < -0.4 is 4.74 Å². The summed E-state index contributed by atoms with van der Waals surface area (Å²) in [4.78, 5) is 23.7. The molecule has 0 N–H and O–H groups in total. The van der Waals surface area contributed by atoms with Crippen molar-refractivity contribution in [3.8, 4) is 5.75 Å². The Morgan fingerprint density at radius 1 is 1.16 bits per heavy atom. The summed E-state index contributed by atoms with van der Waals surface area (Å²) in [6.07, 6.45) is -0.276. The second-order valence-corrected chi connectivity index (χ2v) is 5.12. The predicted molar refractivity (Wildman–Crippen MR) is 72.4 cm³/mol. The van der Waals surface area contributed by atoms with Gasteiger partial charge in [0.25, 0.3) is 0 Å². The van der Waals surface area contributed by atoms with E-state index in [1.807, 2.05) is 6.92 Å². The molecule has 0 radical (unpaired) electrons. The highest BCUT2D eigenvalue weighted by Crippen LogP contribution is 2.20. The lowest BCUT2D eigenvalue weighted by molar-refractivity contribution is -0.153. The minimum Gasteiger partial charge on any atom is -0.493 e. The van der Waals surface area contributed by atoms with Crippen LogP contribution in [-0.4, -0.2) is 24.0 Å². The van der Waals surface area contributed by atoms with Crippen molar-refractivity contribution in [3.63, 3.8) is 0 Å². The molecule has 0 aliphatic rings. The lowest BCUT2D eigenvalue weighted by Crippen LogP contribution is -2.25. The van der Waals surface area contributed by atoms with Crippen LogP contribution in [0.15, 0.2) is 24.3 Å². The second kappa shape index (κ2) is 6.36. The number of para-hydroxylation sites is 1. The normalized spacial score (nSPS) is 10.9. The summed E-state index contributed by atoms with van der Waals surface area (Å²) in [5.74, 6) is -0.319. The van der Waals surface area contributed by atoms with Gasteiger partial charge in [-0.15, -0.1) is 0 Å². The van der Waals surface area contributed by atoms with Crippen LogP contribution in [0.4, 0.5) is 0 Å². The van der Waals surface area contributed by atoms with E-state index >= 15 is 0 Å². The monoisotopic (exact) mass is 264 g/mol. The number of Topliss-reactive ketones (excluding diaryl/α,β-unsaturated/α-hetero) is 1. The predicted octanol–water partition coefficient (Wildman–Crippen LogP) is 3.00. The summed E-state index contributed by atoms with van der Waals surface area (Å²) in [6.45, 7) is 7.61. The van der Waals surface area contributed by atoms with Crippen molar-refractivity contribution in [2.45, 2.75) is 39.7 Å². The van der Waals surface area contributed by atoms with Crippen LogP contribution in [0.1, 0.15) is 44.5 Å². The summed E-state index contributed by atoms with van der Waals surface area (Å²) < 4.78 is 10.5. The van der Waals surface area contributed by atoms with Gasteiger partial charge in [0.15, 0.2) is 5.78 Å². The fourth-order valence-electron chi connectivity index (χ4n) is 1.58. The van der Waals surface area contributed by atoms with Gasteiger partial charge in [-0.1, -0.05) is 12.1 Å². The quantitative estimate of drug-likeness (QED) is 0.466. The van der Waals surface area contributed by atoms with Crippen LogP contribution in [0.3, 0.4) is 0 Å². The van der Waals surface area contributed by atoms with Crippen LogP contribution in [-0.2, 0) is 9.53 Å². The first-order valence-electron chi connectivity index (χ1n) is 6.30. The van der Waals surface area contributed by atoms with Gasteiger partial charge < -0.3 is 9.47 Å². The van der Waals surface area contributed by atoms with E-state index in [-0.39, 0.29) is 12.2 Å². The molecular weight excluding hydrogens is 244 g/mol. The highest BCUT2D eigenvalue weighted by Gasteiger charge is 2.21. The summed E-state index contributed by atoms with van der Waals surface area (Å²) in [6, 6.07) is 6.89. The molecule has 4 nitrogen and oxygen atoms in total. The fourth-order valence-corrected chi connectivity index (χ4v) is 1.58. The molecule has 0 atom stereocenters. The molecule has 1 rings (SSSR count). The van der Waals surface area contributed by atoms with Crippen molar-refractivity contribution in [3.05, 3.63) is 29.8 Å². The first-order chi connectivity index (χ1) is 8.83. The number of carbonyl (C=O) groups is 2. The molecule has 0 aliphatic carbocycles. The van der Waals surface area contributed by atoms with E-state index in [4.69, 9.17) is 9.47 Å². The molecule has 0 bridgehead atoms. The largest absolute Gasteiger partial charge is 0.493 e. The summed E-state index contributed by atoms with van der Waals surface area (Å²) in [7, 11) is 0. The molecule has 19 heavy (non-hydrogen) atoms. The van der Waals surface area contributed by atoms with Crippen molar-refractivity contribution in [2.75, 3.05) is 6.61 Å². The first kappa shape index (κ1) is 15.2. The summed E-state index contributed by atoms with van der Waals surface area (Å²) in [5.41, 5.74) is -0.174. The van der Waals surface area contributed by atoms with Gasteiger partial charge in [-0.3, -0.25) is 9.59 Å². The SMILES string of the molecule is CCOc1ccccc1C(=O)CC(=O)OC(C)(C)C. The number of benzene rings is 1. The van der Waals surface area contributed by atoms with E-state index in [0.717, 1.165) is 0 Å². The van der Waals surface area contributed by atoms with E-state index < -0.39 is 11.6 Å². The fraction of sp³-hybridized carbons (Fsp3) is 0.467. The van der Waals surface area contributed by atoms with Crippen molar-refractivity contribution in [1.82, 2.24) is 0 Å². The maximum absolute atomic E-state index is 12.1. The Morgan fingerprint density at radius 3 is 2.37 bits per heavy atom. The van der Waals surface area contributed by atoms with Gasteiger partial charge in [0.2, 0.25) is 0 Å². The van der Waals surface area contributed by atoms with Gasteiger partial charge in [0.1, 0.15) is 17.8 Å². The van der Waals surface area contributed by atoms with Gasteiger partial charge in [-0.05, 0) is 39.8 Å². The van der Waals surface area contributed by atoms with Gasteiger partial charge in [0, 0.05) is 0 Å². The second-order valence-electron chi connectivity index (χ2n) is 5.12. The topological polar surface area (TPSA) is 52.6 Å². The van der Waals surface area contributed by atoms with Crippen LogP contribution in [0, 0.1) is 0 Å². The number of hydrogen-bond donors (Lipinski definition) is 0. The Bertz CT molecular complexity index is 457. The molecule has 1 aromatic carbocycles. The van der Waals surface area contributed by atoms with Crippen LogP contribution in [0.25, 0.3) is 0 Å². The van der Waals surface area contributed by atoms with Crippen LogP contribution >= 0.6 is 0 Å². The molecule has 4 heteroatoms. The lowest BCUT2D eigenvalue weighted by Gasteiger charge is -2.19. The molecule has 0 unspecified atom stereocenters. The Balaban J connectivity index is 2.76. The maximum atomic E-state index is 12.1. The van der Waals surface area contributed by atoms with Crippen molar-refractivity contribution in [2.24, 2.45) is 0 Å². The van der Waals surface area contributed by atoms with Crippen LogP contribution in [0.5, 0.6) is 5.75 Å². The zero-order valence-corrected chi connectivity index (χ0v) is 11.9. The molecule has 0 fully saturated rings. The molecule has 0 amide bonds.